The molecule has 1 fully saturated rings. The molecule has 15 heteroatoms. The molecule has 3 aromatic rings. The molecule has 1 atom stereocenters. The third-order valence-corrected chi connectivity index (χ3v) is 8.29. The van der Waals surface area contributed by atoms with Crippen LogP contribution in [0.4, 0.5) is 22.0 Å². The molecule has 1 unspecified atom stereocenters. The number of aromatic nitrogens is 3. The molecular formula is C24H21BrF5N5O3S. The van der Waals surface area contributed by atoms with Crippen LogP contribution in [0.15, 0.2) is 33.2 Å². The number of nitrogens with zero attached hydrogens (tertiary/aromatic N) is 5. The molecule has 0 aliphatic carbocycles. The summed E-state index contributed by atoms with van der Waals surface area (Å²) in [4.78, 5) is 24.2. The van der Waals surface area contributed by atoms with E-state index in [9.17, 15) is 26.7 Å². The van der Waals surface area contributed by atoms with Crippen molar-refractivity contribution in [3.63, 3.8) is 0 Å². The van der Waals surface area contributed by atoms with Gasteiger partial charge >= 0.3 is 6.18 Å². The summed E-state index contributed by atoms with van der Waals surface area (Å²) in [6.45, 7) is 0.415. The average Bonchev–Trinajstić information content (AvgIpc) is 3.61. The molecule has 0 saturated carbocycles. The lowest BCUT2D eigenvalue weighted by molar-refractivity contribution is -0.144. The predicted molar refractivity (Wildman–Crippen MR) is 133 cm³/mol. The third-order valence-electron chi connectivity index (χ3n) is 6.57. The molecule has 8 nitrogen and oxygen atoms in total. The summed E-state index contributed by atoms with van der Waals surface area (Å²) >= 11 is 4.30. The molecule has 2 aliphatic heterocycles. The number of likely N-dealkylation sites (tertiary alicyclic amines) is 1. The molecule has 39 heavy (non-hydrogen) atoms. The first-order valence-electron chi connectivity index (χ1n) is 11.9. The normalized spacial score (nSPS) is 18.3. The Balaban J connectivity index is 1.14. The molecule has 208 valence electrons. The van der Waals surface area contributed by atoms with Gasteiger partial charge < -0.3 is 14.5 Å². The van der Waals surface area contributed by atoms with E-state index in [0.29, 0.717) is 42.0 Å². The Morgan fingerprint density at radius 2 is 1.92 bits per heavy atom. The number of carbonyl (C=O) groups is 1. The zero-order valence-corrected chi connectivity index (χ0v) is 22.7. The van der Waals surface area contributed by atoms with Gasteiger partial charge in [0.05, 0.1) is 16.3 Å². The number of amides is 1. The van der Waals surface area contributed by atoms with Gasteiger partial charge in [-0.05, 0) is 40.9 Å². The van der Waals surface area contributed by atoms with Gasteiger partial charge in [0, 0.05) is 37.9 Å². The molecule has 2 aliphatic rings. The number of piperidine rings is 1. The summed E-state index contributed by atoms with van der Waals surface area (Å²) in [6, 6.07) is 3.63. The number of ether oxygens (including phenoxy) is 1. The van der Waals surface area contributed by atoms with E-state index in [2.05, 4.69) is 31.2 Å². The number of thiazole rings is 1. The van der Waals surface area contributed by atoms with Gasteiger partial charge in [-0.15, -0.1) is 16.4 Å². The molecule has 1 aromatic carbocycles. The summed E-state index contributed by atoms with van der Waals surface area (Å²) in [5, 5.41) is 10.4. The second kappa shape index (κ2) is 10.8. The molecule has 1 amide bonds. The SMILES string of the molecule is Cn1nc(OCC(=O)N2CCC(c3nc(C4=NOC(c5c(F)cccc5F)C4)cs3)CC2)c(Br)c1C(F)(F)F. The van der Waals surface area contributed by atoms with Crippen LogP contribution in [0, 0.1) is 11.6 Å². The summed E-state index contributed by atoms with van der Waals surface area (Å²) < 4.78 is 73.2. The number of aryl methyl sites for hydroxylation is 1. The highest BCUT2D eigenvalue weighted by molar-refractivity contribution is 9.10. The van der Waals surface area contributed by atoms with Gasteiger partial charge in [0.1, 0.15) is 21.8 Å². The Hall–Kier alpha value is -3.07. The van der Waals surface area contributed by atoms with E-state index in [1.165, 1.54) is 29.5 Å². The van der Waals surface area contributed by atoms with Crippen molar-refractivity contribution in [3.8, 4) is 5.88 Å². The first-order chi connectivity index (χ1) is 18.5. The molecule has 0 radical (unpaired) electrons. The highest BCUT2D eigenvalue weighted by atomic mass is 79.9. The maximum Gasteiger partial charge on any atom is 0.434 e. The lowest BCUT2D eigenvalue weighted by atomic mass is 9.97. The number of hydrogen-bond donors (Lipinski definition) is 0. The van der Waals surface area contributed by atoms with Crippen LogP contribution >= 0.6 is 27.3 Å². The molecule has 0 N–H and O–H groups in total. The molecule has 2 aromatic heterocycles. The Morgan fingerprint density at radius 1 is 1.23 bits per heavy atom. The van der Waals surface area contributed by atoms with Crippen molar-refractivity contribution < 1.29 is 36.3 Å². The van der Waals surface area contributed by atoms with Crippen molar-refractivity contribution in [3.05, 3.63) is 61.6 Å². The second-order valence-corrected chi connectivity index (χ2v) is 10.8. The van der Waals surface area contributed by atoms with Gasteiger partial charge in [-0.1, -0.05) is 11.2 Å². The van der Waals surface area contributed by atoms with E-state index in [-0.39, 0.29) is 34.2 Å². The zero-order valence-electron chi connectivity index (χ0n) is 20.3. The Morgan fingerprint density at radius 3 is 2.56 bits per heavy atom. The van der Waals surface area contributed by atoms with Crippen molar-refractivity contribution in [2.75, 3.05) is 19.7 Å². The highest BCUT2D eigenvalue weighted by Crippen LogP contribution is 2.39. The predicted octanol–water partition coefficient (Wildman–Crippen LogP) is 5.59. The van der Waals surface area contributed by atoms with Gasteiger partial charge in [-0.2, -0.15) is 13.2 Å². The largest absolute Gasteiger partial charge is 0.466 e. The Labute approximate surface area is 231 Å². The average molecular weight is 634 g/mol. The van der Waals surface area contributed by atoms with Crippen LogP contribution in [-0.4, -0.2) is 51.0 Å². The fourth-order valence-corrected chi connectivity index (χ4v) is 6.26. The van der Waals surface area contributed by atoms with Gasteiger partial charge in [0.2, 0.25) is 5.88 Å². The molecule has 0 bridgehead atoms. The molecular weight excluding hydrogens is 613 g/mol. The van der Waals surface area contributed by atoms with E-state index in [1.807, 2.05) is 5.38 Å². The van der Waals surface area contributed by atoms with E-state index >= 15 is 0 Å². The van der Waals surface area contributed by atoms with Crippen molar-refractivity contribution in [2.24, 2.45) is 12.2 Å². The standard InChI is InChI=1S/C24H21BrF5N5O3S/c1-34-21(24(28,29)30)20(25)22(32-34)37-10-18(36)35-7-5-12(6-8-35)23-31-16(11-39-23)15-9-17(38-33-15)19-13(26)3-2-4-14(19)27/h2-4,11-12,17H,5-10H2,1H3. The van der Waals surface area contributed by atoms with Crippen LogP contribution in [0.5, 0.6) is 5.88 Å². The fourth-order valence-electron chi connectivity index (χ4n) is 4.58. The molecule has 0 spiro atoms. The topological polar surface area (TPSA) is 81.8 Å². The van der Waals surface area contributed by atoms with Gasteiger partial charge in [0.25, 0.3) is 5.91 Å². The van der Waals surface area contributed by atoms with Crippen molar-refractivity contribution in [2.45, 2.75) is 37.5 Å². The maximum atomic E-state index is 14.1. The minimum Gasteiger partial charge on any atom is -0.466 e. The first kappa shape index (κ1) is 27.5. The van der Waals surface area contributed by atoms with Crippen LogP contribution in [0.1, 0.15) is 53.2 Å². The fraction of sp³-hybridized carbons (Fsp3) is 0.417. The molecule has 1 saturated heterocycles. The van der Waals surface area contributed by atoms with Crippen LogP contribution in [0.25, 0.3) is 0 Å². The highest BCUT2D eigenvalue weighted by Gasteiger charge is 2.39. The van der Waals surface area contributed by atoms with E-state index in [1.54, 1.807) is 4.90 Å². The second-order valence-electron chi connectivity index (χ2n) is 9.08. The summed E-state index contributed by atoms with van der Waals surface area (Å²) in [7, 11) is 1.14. The lowest BCUT2D eigenvalue weighted by Crippen LogP contribution is -2.40. The maximum absolute atomic E-state index is 14.1. The molecule has 5 rings (SSSR count). The van der Waals surface area contributed by atoms with Gasteiger partial charge in [-0.3, -0.25) is 9.48 Å². The number of oxime groups is 1. The number of rotatable bonds is 6. The number of halogens is 6. The Kier molecular flexibility index (Phi) is 7.64. The minimum atomic E-state index is -4.62. The quantitative estimate of drug-likeness (QED) is 0.331. The zero-order chi connectivity index (χ0) is 27.9. The van der Waals surface area contributed by atoms with E-state index in [0.717, 1.165) is 12.1 Å². The smallest absolute Gasteiger partial charge is 0.434 e. The molecule has 4 heterocycles. The summed E-state index contributed by atoms with van der Waals surface area (Å²) in [5.74, 6) is -1.96. The number of hydrogen-bond acceptors (Lipinski definition) is 7. The van der Waals surface area contributed by atoms with E-state index < -0.39 is 36.2 Å². The van der Waals surface area contributed by atoms with E-state index in [4.69, 9.17) is 9.57 Å². The summed E-state index contributed by atoms with van der Waals surface area (Å²) in [6.07, 6.45) is -4.03. The monoisotopic (exact) mass is 633 g/mol. The summed E-state index contributed by atoms with van der Waals surface area (Å²) in [5.41, 5.74) is -0.0767. The van der Waals surface area contributed by atoms with Crippen LogP contribution in [0.2, 0.25) is 0 Å². The lowest BCUT2D eigenvalue weighted by Gasteiger charge is -2.31. The third kappa shape index (κ3) is 5.64. The number of carbonyl (C=O) groups excluding carboxylic acids is 1. The van der Waals surface area contributed by atoms with Gasteiger partial charge in [0.15, 0.2) is 18.4 Å². The van der Waals surface area contributed by atoms with Gasteiger partial charge in [-0.25, -0.2) is 13.8 Å². The minimum absolute atomic E-state index is 0.0933. The Bertz CT molecular complexity index is 1400. The van der Waals surface area contributed by atoms with Crippen molar-refractivity contribution in [1.29, 1.82) is 0 Å². The van der Waals surface area contributed by atoms with Crippen LogP contribution in [-0.2, 0) is 22.9 Å². The number of alkyl halides is 3. The first-order valence-corrected chi connectivity index (χ1v) is 13.5. The van der Waals surface area contributed by atoms with Crippen LogP contribution in [0.3, 0.4) is 0 Å². The van der Waals surface area contributed by atoms with Crippen molar-refractivity contribution >= 4 is 38.9 Å². The number of benzene rings is 1. The van der Waals surface area contributed by atoms with Crippen LogP contribution < -0.4 is 4.74 Å². The van der Waals surface area contributed by atoms with Crippen molar-refractivity contribution in [1.82, 2.24) is 19.7 Å².